The molecule has 0 spiro atoms. The maximum absolute atomic E-state index is 10.0. The molecule has 0 unspecified atom stereocenters. The van der Waals surface area contributed by atoms with E-state index in [-0.39, 0.29) is 6.61 Å². The number of carbonyl (C=O) groups is 1. The lowest BCUT2D eigenvalue weighted by Gasteiger charge is -1.99. The molecular weight excluding hydrogens is 172 g/mol. The van der Waals surface area contributed by atoms with E-state index in [1.807, 2.05) is 0 Å². The Balaban J connectivity index is 2.31. The van der Waals surface area contributed by atoms with Crippen LogP contribution in [0.1, 0.15) is 0 Å². The Hall–Kier alpha value is -1.98. The fraction of sp³-hybridized carbons (Fsp3) is 0.143. The molecule has 2 aromatic rings. The van der Waals surface area contributed by atoms with E-state index in [9.17, 15) is 4.79 Å². The highest BCUT2D eigenvalue weighted by Crippen LogP contribution is 2.05. The Kier molecular flexibility index (Phi) is 1.87. The maximum Gasteiger partial charge on any atom is 0.232 e. The van der Waals surface area contributed by atoms with Crippen LogP contribution in [0.25, 0.3) is 5.65 Å². The van der Waals surface area contributed by atoms with Crippen LogP contribution >= 0.6 is 0 Å². The molecule has 6 nitrogen and oxygen atoms in total. The van der Waals surface area contributed by atoms with Gasteiger partial charge in [0.05, 0.1) is 0 Å². The van der Waals surface area contributed by atoms with E-state index < -0.39 is 0 Å². The zero-order valence-corrected chi connectivity index (χ0v) is 6.62. The van der Waals surface area contributed by atoms with Crippen LogP contribution in [-0.4, -0.2) is 32.7 Å². The summed E-state index contributed by atoms with van der Waals surface area (Å²) in [7, 11) is 0. The van der Waals surface area contributed by atoms with Gasteiger partial charge in [-0.2, -0.15) is 4.52 Å². The topological polar surface area (TPSA) is 69.4 Å². The Morgan fingerprint density at radius 1 is 1.54 bits per heavy atom. The van der Waals surface area contributed by atoms with Gasteiger partial charge in [-0.15, -0.1) is 15.3 Å². The maximum atomic E-state index is 10.0. The van der Waals surface area contributed by atoms with E-state index in [0.717, 1.165) is 0 Å². The lowest BCUT2D eigenvalue weighted by atomic mass is 10.5. The third kappa shape index (κ3) is 1.46. The van der Waals surface area contributed by atoms with Crippen molar-refractivity contribution in [1.29, 1.82) is 0 Å². The van der Waals surface area contributed by atoms with Crippen LogP contribution in [0.3, 0.4) is 0 Å². The molecule has 0 fully saturated rings. The minimum absolute atomic E-state index is 0.000627. The number of hydrogen-bond donors (Lipinski definition) is 0. The number of carbonyl (C=O) groups excluding carboxylic acids is 1. The van der Waals surface area contributed by atoms with Crippen LogP contribution in [0.4, 0.5) is 0 Å². The smallest absolute Gasteiger partial charge is 0.232 e. The number of ether oxygens (including phenoxy) is 1. The molecule has 0 amide bonds. The molecule has 6 heteroatoms. The lowest BCUT2D eigenvalue weighted by molar-refractivity contribution is -0.109. The van der Waals surface area contributed by atoms with Crippen molar-refractivity contribution in [3.63, 3.8) is 0 Å². The van der Waals surface area contributed by atoms with Gasteiger partial charge < -0.3 is 4.74 Å². The van der Waals surface area contributed by atoms with Gasteiger partial charge in [-0.05, 0) is 6.07 Å². The first-order valence-corrected chi connectivity index (χ1v) is 3.63. The first-order valence-electron chi connectivity index (χ1n) is 3.63. The van der Waals surface area contributed by atoms with Crippen molar-refractivity contribution in [2.45, 2.75) is 0 Å². The van der Waals surface area contributed by atoms with E-state index in [1.54, 1.807) is 12.1 Å². The monoisotopic (exact) mass is 178 g/mol. The van der Waals surface area contributed by atoms with Crippen molar-refractivity contribution in [2.24, 2.45) is 0 Å². The summed E-state index contributed by atoms with van der Waals surface area (Å²) in [6.45, 7) is 0.000627. The SMILES string of the molecule is O=CCOc1ccc2nncn2n1. The van der Waals surface area contributed by atoms with Gasteiger partial charge in [-0.25, -0.2) is 0 Å². The summed E-state index contributed by atoms with van der Waals surface area (Å²) >= 11 is 0. The Morgan fingerprint density at radius 2 is 2.46 bits per heavy atom. The van der Waals surface area contributed by atoms with Crippen LogP contribution in [0, 0.1) is 0 Å². The molecule has 0 N–H and O–H groups in total. The summed E-state index contributed by atoms with van der Waals surface area (Å²) in [5.74, 6) is 0.374. The van der Waals surface area contributed by atoms with Gasteiger partial charge in [0.25, 0.3) is 0 Å². The average molecular weight is 178 g/mol. The summed E-state index contributed by atoms with van der Waals surface area (Å²) in [5.41, 5.74) is 0.637. The third-order valence-corrected chi connectivity index (χ3v) is 1.44. The highest BCUT2D eigenvalue weighted by molar-refractivity contribution is 5.51. The summed E-state index contributed by atoms with van der Waals surface area (Å²) in [6.07, 6.45) is 2.13. The second-order valence-electron chi connectivity index (χ2n) is 2.28. The van der Waals surface area contributed by atoms with Gasteiger partial charge in [0.1, 0.15) is 12.9 Å². The van der Waals surface area contributed by atoms with Gasteiger partial charge in [0.15, 0.2) is 11.9 Å². The van der Waals surface area contributed by atoms with Crippen LogP contribution in [-0.2, 0) is 4.79 Å². The van der Waals surface area contributed by atoms with Crippen molar-refractivity contribution in [2.75, 3.05) is 6.61 Å². The van der Waals surface area contributed by atoms with E-state index >= 15 is 0 Å². The second-order valence-corrected chi connectivity index (χ2v) is 2.28. The van der Waals surface area contributed by atoms with E-state index in [2.05, 4.69) is 15.3 Å². The van der Waals surface area contributed by atoms with Gasteiger partial charge in [0.2, 0.25) is 5.88 Å². The molecule has 0 aliphatic heterocycles. The van der Waals surface area contributed by atoms with Gasteiger partial charge in [-0.1, -0.05) is 0 Å². The van der Waals surface area contributed by atoms with Crippen molar-refractivity contribution in [3.05, 3.63) is 18.5 Å². The number of aldehydes is 1. The summed E-state index contributed by atoms with van der Waals surface area (Å²) in [5, 5.41) is 11.4. The Bertz CT molecular complexity index is 425. The molecule has 2 rings (SSSR count). The fourth-order valence-corrected chi connectivity index (χ4v) is 0.907. The molecular formula is C7H6N4O2. The van der Waals surface area contributed by atoms with Gasteiger partial charge >= 0.3 is 0 Å². The van der Waals surface area contributed by atoms with Crippen LogP contribution < -0.4 is 4.74 Å². The third-order valence-electron chi connectivity index (χ3n) is 1.44. The number of rotatable bonds is 3. The molecule has 0 aromatic carbocycles. The zero-order chi connectivity index (χ0) is 9.10. The highest BCUT2D eigenvalue weighted by Gasteiger charge is 1.98. The van der Waals surface area contributed by atoms with Gasteiger partial charge in [0, 0.05) is 6.07 Å². The Morgan fingerprint density at radius 3 is 3.31 bits per heavy atom. The second kappa shape index (κ2) is 3.18. The predicted octanol–water partition coefficient (Wildman–Crippen LogP) is -0.298. The molecule has 0 saturated heterocycles. The minimum atomic E-state index is 0.000627. The number of hydrogen-bond acceptors (Lipinski definition) is 5. The normalized spacial score (nSPS) is 10.2. The summed E-state index contributed by atoms with van der Waals surface area (Å²) in [4.78, 5) is 10.0. The quantitative estimate of drug-likeness (QED) is 0.603. The van der Waals surface area contributed by atoms with E-state index in [4.69, 9.17) is 4.74 Å². The number of nitrogens with zero attached hydrogens (tertiary/aromatic N) is 4. The lowest BCUT2D eigenvalue weighted by Crippen LogP contribution is -2.01. The first-order chi connectivity index (χ1) is 6.40. The molecule has 0 saturated carbocycles. The number of aromatic nitrogens is 4. The van der Waals surface area contributed by atoms with Gasteiger partial charge in [-0.3, -0.25) is 4.79 Å². The van der Waals surface area contributed by atoms with Crippen LogP contribution in [0.2, 0.25) is 0 Å². The number of fused-ring (bicyclic) bond motifs is 1. The molecule has 0 aliphatic rings. The molecule has 0 aliphatic carbocycles. The minimum Gasteiger partial charge on any atom is -0.469 e. The molecule has 66 valence electrons. The molecule has 0 bridgehead atoms. The van der Waals surface area contributed by atoms with E-state index in [0.29, 0.717) is 17.8 Å². The summed E-state index contributed by atoms with van der Waals surface area (Å²) < 4.78 is 6.45. The molecule has 2 aromatic heterocycles. The first kappa shape index (κ1) is 7.66. The average Bonchev–Trinajstić information content (AvgIpc) is 2.61. The Labute approximate surface area is 73.2 Å². The predicted molar refractivity (Wildman–Crippen MR) is 42.3 cm³/mol. The molecule has 0 radical (unpaired) electrons. The van der Waals surface area contributed by atoms with Crippen molar-refractivity contribution in [1.82, 2.24) is 19.8 Å². The van der Waals surface area contributed by atoms with Crippen molar-refractivity contribution in [3.8, 4) is 5.88 Å². The van der Waals surface area contributed by atoms with Crippen molar-refractivity contribution < 1.29 is 9.53 Å². The molecule has 0 atom stereocenters. The summed E-state index contributed by atoms with van der Waals surface area (Å²) in [6, 6.07) is 3.34. The zero-order valence-electron chi connectivity index (χ0n) is 6.62. The van der Waals surface area contributed by atoms with E-state index in [1.165, 1.54) is 10.8 Å². The standard InChI is InChI=1S/C7H6N4O2/c12-3-4-13-7-2-1-6-9-8-5-11(6)10-7/h1-3,5H,4H2. The molecule has 13 heavy (non-hydrogen) atoms. The van der Waals surface area contributed by atoms with Crippen LogP contribution in [0.5, 0.6) is 5.88 Å². The van der Waals surface area contributed by atoms with Crippen LogP contribution in [0.15, 0.2) is 18.5 Å². The molecule has 2 heterocycles. The fourth-order valence-electron chi connectivity index (χ4n) is 0.907. The highest BCUT2D eigenvalue weighted by atomic mass is 16.5. The van der Waals surface area contributed by atoms with Crippen molar-refractivity contribution >= 4 is 11.9 Å². The largest absolute Gasteiger partial charge is 0.469 e.